The van der Waals surface area contributed by atoms with Gasteiger partial charge in [0.2, 0.25) is 5.88 Å². The minimum Gasteiger partial charge on any atom is -0.472 e. The number of benzene rings is 2. The molecule has 0 amide bonds. The molecular weight excluding hydrogens is 431 g/mol. The third kappa shape index (κ3) is 5.50. The number of aromatic nitrogens is 1. The molecule has 8 heteroatoms. The average Bonchev–Trinajstić information content (AvgIpc) is 3.27. The van der Waals surface area contributed by atoms with Crippen molar-refractivity contribution in [1.29, 1.82) is 5.26 Å². The van der Waals surface area contributed by atoms with Gasteiger partial charge < -0.3 is 9.64 Å². The normalized spacial score (nSPS) is 15.8. The highest BCUT2D eigenvalue weighted by Gasteiger charge is 2.29. The summed E-state index contributed by atoms with van der Waals surface area (Å²) in [5.74, 6) is 0.110. The van der Waals surface area contributed by atoms with Gasteiger partial charge in [-0.3, -0.25) is 4.79 Å². The number of ether oxygens (including phenoxy) is 1. The minimum atomic E-state index is -4.28. The summed E-state index contributed by atoms with van der Waals surface area (Å²) in [6.07, 6.45) is -3.69. The SMILES string of the molecule is N#Cc1cc(C(=O)c2ccccc2)ccc1N1CC[C@@H](Oc2ccc(CC(F)(F)F)cn2)C1. The summed E-state index contributed by atoms with van der Waals surface area (Å²) in [4.78, 5) is 18.7. The molecule has 0 spiro atoms. The molecule has 0 radical (unpaired) electrons. The summed E-state index contributed by atoms with van der Waals surface area (Å²) < 4.78 is 43.3. The third-order valence-corrected chi connectivity index (χ3v) is 5.39. The van der Waals surface area contributed by atoms with Crippen molar-refractivity contribution in [2.75, 3.05) is 18.0 Å². The molecule has 1 fully saturated rings. The van der Waals surface area contributed by atoms with E-state index in [0.717, 1.165) is 0 Å². The number of anilines is 1. The van der Waals surface area contributed by atoms with Crippen LogP contribution in [0.4, 0.5) is 18.9 Å². The van der Waals surface area contributed by atoms with Crippen LogP contribution in [0.1, 0.15) is 33.5 Å². The smallest absolute Gasteiger partial charge is 0.393 e. The molecule has 1 atom stereocenters. The number of hydrogen-bond donors (Lipinski definition) is 0. The maximum Gasteiger partial charge on any atom is 0.393 e. The van der Waals surface area contributed by atoms with E-state index >= 15 is 0 Å². The van der Waals surface area contributed by atoms with Crippen molar-refractivity contribution >= 4 is 11.5 Å². The summed E-state index contributed by atoms with van der Waals surface area (Å²) in [7, 11) is 0. The van der Waals surface area contributed by atoms with Crippen LogP contribution in [0.3, 0.4) is 0 Å². The molecule has 3 aromatic rings. The van der Waals surface area contributed by atoms with E-state index in [1.807, 2.05) is 11.0 Å². The van der Waals surface area contributed by atoms with Gasteiger partial charge in [0.15, 0.2) is 5.78 Å². The van der Waals surface area contributed by atoms with Gasteiger partial charge in [-0.25, -0.2) is 4.98 Å². The quantitative estimate of drug-likeness (QED) is 0.497. The number of carbonyl (C=O) groups is 1. The number of alkyl halides is 3. The molecule has 0 aliphatic carbocycles. The zero-order valence-corrected chi connectivity index (χ0v) is 17.5. The first-order chi connectivity index (χ1) is 15.8. The van der Waals surface area contributed by atoms with E-state index in [9.17, 15) is 23.2 Å². The van der Waals surface area contributed by atoms with Crippen molar-refractivity contribution in [2.45, 2.75) is 25.1 Å². The molecule has 1 saturated heterocycles. The van der Waals surface area contributed by atoms with Gasteiger partial charge in [0.05, 0.1) is 24.2 Å². The molecule has 2 heterocycles. The Morgan fingerprint density at radius 3 is 2.58 bits per heavy atom. The Morgan fingerprint density at radius 2 is 1.91 bits per heavy atom. The van der Waals surface area contributed by atoms with E-state index in [1.165, 1.54) is 18.3 Å². The van der Waals surface area contributed by atoms with Gasteiger partial charge in [0.25, 0.3) is 0 Å². The second kappa shape index (κ2) is 9.33. The Balaban J connectivity index is 1.42. The molecule has 2 aromatic carbocycles. The van der Waals surface area contributed by atoms with Crippen LogP contribution in [-0.4, -0.2) is 36.1 Å². The van der Waals surface area contributed by atoms with Gasteiger partial charge in [0.1, 0.15) is 12.2 Å². The predicted octanol–water partition coefficient (Wildman–Crippen LogP) is 4.95. The van der Waals surface area contributed by atoms with Crippen molar-refractivity contribution in [3.05, 3.63) is 89.1 Å². The molecule has 0 bridgehead atoms. The highest BCUT2D eigenvalue weighted by molar-refractivity contribution is 6.09. The van der Waals surface area contributed by atoms with E-state index < -0.39 is 12.6 Å². The lowest BCUT2D eigenvalue weighted by molar-refractivity contribution is -0.127. The molecule has 0 unspecified atom stereocenters. The summed E-state index contributed by atoms with van der Waals surface area (Å²) in [5.41, 5.74) is 2.18. The number of carbonyl (C=O) groups excluding carboxylic acids is 1. The number of nitriles is 1. The Labute approximate surface area is 189 Å². The van der Waals surface area contributed by atoms with Crippen LogP contribution >= 0.6 is 0 Å². The Morgan fingerprint density at radius 1 is 1.12 bits per heavy atom. The standard InChI is InChI=1S/C25H20F3N3O2/c26-25(27,28)13-17-6-9-23(30-15-17)33-21-10-11-31(16-21)22-8-7-19(12-20(22)14-29)24(32)18-4-2-1-3-5-18/h1-9,12,15,21H,10-11,13,16H2/t21-/m1/s1. The fourth-order valence-electron chi connectivity index (χ4n) is 3.83. The lowest BCUT2D eigenvalue weighted by atomic mass is 10.0. The van der Waals surface area contributed by atoms with Crippen LogP contribution < -0.4 is 9.64 Å². The lowest BCUT2D eigenvalue weighted by Crippen LogP contribution is -2.25. The summed E-state index contributed by atoms with van der Waals surface area (Å²) in [6.45, 7) is 1.13. The second-order valence-electron chi connectivity index (χ2n) is 7.81. The predicted molar refractivity (Wildman–Crippen MR) is 116 cm³/mol. The van der Waals surface area contributed by atoms with Crippen LogP contribution in [0, 0.1) is 11.3 Å². The molecule has 1 aliphatic rings. The van der Waals surface area contributed by atoms with Crippen molar-refractivity contribution in [2.24, 2.45) is 0 Å². The summed E-state index contributed by atoms with van der Waals surface area (Å²) >= 11 is 0. The average molecular weight is 451 g/mol. The number of ketones is 1. The van der Waals surface area contributed by atoms with E-state index in [-0.39, 0.29) is 23.3 Å². The summed E-state index contributed by atoms with van der Waals surface area (Å²) in [5, 5.41) is 9.65. The van der Waals surface area contributed by atoms with Crippen LogP contribution in [0.2, 0.25) is 0 Å². The molecule has 1 aliphatic heterocycles. The molecule has 33 heavy (non-hydrogen) atoms. The number of halogens is 3. The first kappa shape index (κ1) is 22.3. The van der Waals surface area contributed by atoms with Crippen molar-refractivity contribution in [3.63, 3.8) is 0 Å². The third-order valence-electron chi connectivity index (χ3n) is 5.39. The maximum absolute atomic E-state index is 12.7. The Bertz CT molecular complexity index is 1170. The van der Waals surface area contributed by atoms with Crippen LogP contribution in [0.5, 0.6) is 5.88 Å². The van der Waals surface area contributed by atoms with E-state index in [1.54, 1.807) is 42.5 Å². The summed E-state index contributed by atoms with van der Waals surface area (Å²) in [6, 6.07) is 18.9. The molecule has 168 valence electrons. The van der Waals surface area contributed by atoms with Gasteiger partial charge in [-0.1, -0.05) is 36.4 Å². The fraction of sp³-hybridized carbons (Fsp3) is 0.240. The number of nitrogens with zero attached hydrogens (tertiary/aromatic N) is 3. The van der Waals surface area contributed by atoms with Crippen LogP contribution in [-0.2, 0) is 6.42 Å². The van der Waals surface area contributed by atoms with Crippen LogP contribution in [0.25, 0.3) is 0 Å². The topological polar surface area (TPSA) is 66.2 Å². The number of rotatable bonds is 6. The second-order valence-corrected chi connectivity index (χ2v) is 7.81. The number of pyridine rings is 1. The van der Waals surface area contributed by atoms with E-state index in [4.69, 9.17) is 4.74 Å². The van der Waals surface area contributed by atoms with Crippen LogP contribution in [0.15, 0.2) is 66.9 Å². The fourth-order valence-corrected chi connectivity index (χ4v) is 3.83. The minimum absolute atomic E-state index is 0.0756. The van der Waals surface area contributed by atoms with E-state index in [2.05, 4.69) is 11.1 Å². The Hall–Kier alpha value is -3.86. The first-order valence-electron chi connectivity index (χ1n) is 10.4. The highest BCUT2D eigenvalue weighted by Crippen LogP contribution is 2.28. The van der Waals surface area contributed by atoms with Gasteiger partial charge in [-0.2, -0.15) is 18.4 Å². The zero-order chi connectivity index (χ0) is 23.4. The zero-order valence-electron chi connectivity index (χ0n) is 17.5. The maximum atomic E-state index is 12.7. The largest absolute Gasteiger partial charge is 0.472 e. The molecular formula is C25H20F3N3O2. The molecule has 0 saturated carbocycles. The van der Waals surface area contributed by atoms with Gasteiger partial charge >= 0.3 is 6.18 Å². The number of hydrogen-bond acceptors (Lipinski definition) is 5. The highest BCUT2D eigenvalue weighted by atomic mass is 19.4. The van der Waals surface area contributed by atoms with E-state index in [0.29, 0.717) is 41.9 Å². The van der Waals surface area contributed by atoms with Gasteiger partial charge in [0, 0.05) is 36.4 Å². The first-order valence-corrected chi connectivity index (χ1v) is 10.4. The monoisotopic (exact) mass is 451 g/mol. The van der Waals surface area contributed by atoms with Gasteiger partial charge in [-0.05, 0) is 23.8 Å². The van der Waals surface area contributed by atoms with Gasteiger partial charge in [-0.15, -0.1) is 0 Å². The lowest BCUT2D eigenvalue weighted by Gasteiger charge is -2.20. The van der Waals surface area contributed by atoms with Crippen molar-refractivity contribution < 1.29 is 22.7 Å². The molecule has 0 N–H and O–H groups in total. The Kier molecular flexibility index (Phi) is 6.31. The molecule has 1 aromatic heterocycles. The van der Waals surface area contributed by atoms with Crippen molar-refractivity contribution in [1.82, 2.24) is 4.98 Å². The molecule has 5 nitrogen and oxygen atoms in total. The molecule has 4 rings (SSSR count). The van der Waals surface area contributed by atoms with Crippen molar-refractivity contribution in [3.8, 4) is 11.9 Å².